The summed E-state index contributed by atoms with van der Waals surface area (Å²) < 4.78 is 2.13. The van der Waals surface area contributed by atoms with Crippen LogP contribution >= 0.6 is 0 Å². The van der Waals surface area contributed by atoms with E-state index < -0.39 is 6.10 Å². The third-order valence-corrected chi connectivity index (χ3v) is 4.25. The summed E-state index contributed by atoms with van der Waals surface area (Å²) in [6, 6.07) is 8.27. The molecule has 1 aliphatic carbocycles. The highest BCUT2D eigenvalue weighted by molar-refractivity contribution is 5.24. The summed E-state index contributed by atoms with van der Waals surface area (Å²) in [6.45, 7) is 2.75. The predicted octanol–water partition coefficient (Wildman–Crippen LogP) is 3.06. The van der Waals surface area contributed by atoms with Gasteiger partial charge in [-0.05, 0) is 43.2 Å². The SMILES string of the molecule is CCc1ccc(C(O)Cn2cnc3c2CCCC3)cc1. The van der Waals surface area contributed by atoms with Crippen molar-refractivity contribution in [3.05, 3.63) is 53.1 Å². The van der Waals surface area contributed by atoms with Crippen molar-refractivity contribution in [3.8, 4) is 0 Å². The molecule has 3 heteroatoms. The molecule has 3 nitrogen and oxygen atoms in total. The van der Waals surface area contributed by atoms with Crippen molar-refractivity contribution >= 4 is 0 Å². The molecule has 1 atom stereocenters. The van der Waals surface area contributed by atoms with Crippen molar-refractivity contribution in [2.75, 3.05) is 0 Å². The van der Waals surface area contributed by atoms with E-state index in [-0.39, 0.29) is 0 Å². The molecule has 1 aromatic heterocycles. The Morgan fingerprint density at radius 1 is 1.20 bits per heavy atom. The van der Waals surface area contributed by atoms with Gasteiger partial charge in [-0.3, -0.25) is 0 Å². The summed E-state index contributed by atoms with van der Waals surface area (Å²) in [6.07, 6.45) is 7.12. The Morgan fingerprint density at radius 2 is 1.95 bits per heavy atom. The molecule has 1 aromatic carbocycles. The van der Waals surface area contributed by atoms with E-state index in [0.29, 0.717) is 6.54 Å². The summed E-state index contributed by atoms with van der Waals surface area (Å²) in [5.74, 6) is 0. The number of aliphatic hydroxyl groups is 1. The van der Waals surface area contributed by atoms with E-state index in [1.165, 1.54) is 29.8 Å². The van der Waals surface area contributed by atoms with Gasteiger partial charge in [0, 0.05) is 5.69 Å². The second-order valence-electron chi connectivity index (χ2n) is 5.61. The zero-order valence-corrected chi connectivity index (χ0v) is 12.0. The number of imidazole rings is 1. The van der Waals surface area contributed by atoms with E-state index >= 15 is 0 Å². The Labute approximate surface area is 120 Å². The Morgan fingerprint density at radius 3 is 2.70 bits per heavy atom. The van der Waals surface area contributed by atoms with E-state index in [1.54, 1.807) is 0 Å². The van der Waals surface area contributed by atoms with Gasteiger partial charge in [0.15, 0.2) is 0 Å². The first-order valence-corrected chi connectivity index (χ1v) is 7.57. The smallest absolute Gasteiger partial charge is 0.0969 e. The second-order valence-corrected chi connectivity index (χ2v) is 5.61. The topological polar surface area (TPSA) is 38.0 Å². The number of hydrogen-bond donors (Lipinski definition) is 1. The molecule has 0 saturated carbocycles. The molecule has 20 heavy (non-hydrogen) atoms. The van der Waals surface area contributed by atoms with Crippen LogP contribution in [-0.4, -0.2) is 14.7 Å². The summed E-state index contributed by atoms with van der Waals surface area (Å²) in [5.41, 5.74) is 4.84. The Kier molecular flexibility index (Phi) is 3.88. The minimum atomic E-state index is -0.457. The van der Waals surface area contributed by atoms with Gasteiger partial charge < -0.3 is 9.67 Å². The van der Waals surface area contributed by atoms with Crippen LogP contribution in [0.1, 0.15) is 48.4 Å². The van der Waals surface area contributed by atoms with Gasteiger partial charge in [0.25, 0.3) is 0 Å². The number of nitrogens with zero attached hydrogens (tertiary/aromatic N) is 2. The minimum Gasteiger partial charge on any atom is -0.387 e. The molecule has 1 N–H and O–H groups in total. The lowest BCUT2D eigenvalue weighted by molar-refractivity contribution is 0.155. The highest BCUT2D eigenvalue weighted by Gasteiger charge is 2.17. The molecule has 106 valence electrons. The van der Waals surface area contributed by atoms with E-state index in [1.807, 2.05) is 18.5 Å². The maximum absolute atomic E-state index is 10.4. The third kappa shape index (κ3) is 2.63. The normalized spacial score (nSPS) is 15.9. The summed E-state index contributed by atoms with van der Waals surface area (Å²) in [5, 5.41) is 10.4. The zero-order valence-electron chi connectivity index (χ0n) is 12.0. The fraction of sp³-hybridized carbons (Fsp3) is 0.471. The summed E-state index contributed by atoms with van der Waals surface area (Å²) in [7, 11) is 0. The van der Waals surface area contributed by atoms with Gasteiger partial charge in [-0.1, -0.05) is 31.2 Å². The molecule has 0 fully saturated rings. The Bertz CT molecular complexity index is 571. The fourth-order valence-corrected chi connectivity index (χ4v) is 2.96. The van der Waals surface area contributed by atoms with Crippen LogP contribution < -0.4 is 0 Å². The van der Waals surface area contributed by atoms with E-state index in [9.17, 15) is 5.11 Å². The molecule has 0 amide bonds. The molecule has 2 aromatic rings. The summed E-state index contributed by atoms with van der Waals surface area (Å²) in [4.78, 5) is 4.48. The quantitative estimate of drug-likeness (QED) is 0.927. The van der Waals surface area contributed by atoms with Crippen molar-refractivity contribution in [1.82, 2.24) is 9.55 Å². The number of aromatic nitrogens is 2. The van der Waals surface area contributed by atoms with Crippen LogP contribution in [0.4, 0.5) is 0 Å². The lowest BCUT2D eigenvalue weighted by atomic mass is 10.0. The highest BCUT2D eigenvalue weighted by atomic mass is 16.3. The minimum absolute atomic E-state index is 0.457. The molecule has 1 unspecified atom stereocenters. The van der Waals surface area contributed by atoms with Gasteiger partial charge >= 0.3 is 0 Å². The van der Waals surface area contributed by atoms with Gasteiger partial charge in [-0.15, -0.1) is 0 Å². The lowest BCUT2D eigenvalue weighted by Crippen LogP contribution is -2.13. The maximum atomic E-state index is 10.4. The highest BCUT2D eigenvalue weighted by Crippen LogP contribution is 2.23. The first-order valence-electron chi connectivity index (χ1n) is 7.57. The molecule has 0 saturated heterocycles. The van der Waals surface area contributed by atoms with E-state index in [2.05, 4.69) is 28.6 Å². The second kappa shape index (κ2) is 5.80. The van der Waals surface area contributed by atoms with Crippen LogP contribution in [0.25, 0.3) is 0 Å². The molecular formula is C17H22N2O. The molecule has 0 radical (unpaired) electrons. The Balaban J connectivity index is 1.74. The van der Waals surface area contributed by atoms with Gasteiger partial charge in [-0.25, -0.2) is 4.98 Å². The molecule has 1 aliphatic rings. The molecule has 0 bridgehead atoms. The van der Waals surface area contributed by atoms with Crippen LogP contribution in [-0.2, 0) is 25.8 Å². The van der Waals surface area contributed by atoms with Crippen molar-refractivity contribution in [2.45, 2.75) is 51.7 Å². The molecule has 0 spiro atoms. The molecule has 0 aliphatic heterocycles. The number of aryl methyl sites for hydroxylation is 2. The standard InChI is InChI=1S/C17H22N2O/c1-2-13-7-9-14(10-8-13)17(20)11-19-12-18-15-5-3-4-6-16(15)19/h7-10,12,17,20H,2-6,11H2,1H3. The average Bonchev–Trinajstić information content (AvgIpc) is 2.91. The number of hydrogen-bond acceptors (Lipinski definition) is 2. The van der Waals surface area contributed by atoms with Crippen molar-refractivity contribution in [2.24, 2.45) is 0 Å². The molecular weight excluding hydrogens is 248 g/mol. The monoisotopic (exact) mass is 270 g/mol. The van der Waals surface area contributed by atoms with Crippen LogP contribution in [0.2, 0.25) is 0 Å². The molecule has 1 heterocycles. The van der Waals surface area contributed by atoms with E-state index in [0.717, 1.165) is 24.8 Å². The van der Waals surface area contributed by atoms with Crippen LogP contribution in [0, 0.1) is 0 Å². The van der Waals surface area contributed by atoms with Gasteiger partial charge in [0.1, 0.15) is 0 Å². The largest absolute Gasteiger partial charge is 0.387 e. The Hall–Kier alpha value is -1.61. The van der Waals surface area contributed by atoms with Gasteiger partial charge in [-0.2, -0.15) is 0 Å². The number of benzene rings is 1. The maximum Gasteiger partial charge on any atom is 0.0969 e. The van der Waals surface area contributed by atoms with Crippen molar-refractivity contribution in [1.29, 1.82) is 0 Å². The first kappa shape index (κ1) is 13.4. The zero-order chi connectivity index (χ0) is 13.9. The summed E-state index contributed by atoms with van der Waals surface area (Å²) >= 11 is 0. The first-order chi connectivity index (χ1) is 9.78. The number of aliphatic hydroxyl groups excluding tert-OH is 1. The average molecular weight is 270 g/mol. The van der Waals surface area contributed by atoms with Crippen LogP contribution in [0.5, 0.6) is 0 Å². The van der Waals surface area contributed by atoms with E-state index in [4.69, 9.17) is 0 Å². The lowest BCUT2D eigenvalue weighted by Gasteiger charge is -2.17. The fourth-order valence-electron chi connectivity index (χ4n) is 2.96. The molecule has 3 rings (SSSR count). The van der Waals surface area contributed by atoms with Gasteiger partial charge in [0.2, 0.25) is 0 Å². The number of fused-ring (bicyclic) bond motifs is 1. The van der Waals surface area contributed by atoms with Crippen LogP contribution in [0.3, 0.4) is 0 Å². The van der Waals surface area contributed by atoms with Crippen molar-refractivity contribution in [3.63, 3.8) is 0 Å². The van der Waals surface area contributed by atoms with Crippen LogP contribution in [0.15, 0.2) is 30.6 Å². The van der Waals surface area contributed by atoms with Crippen molar-refractivity contribution < 1.29 is 5.11 Å². The predicted molar refractivity (Wildman–Crippen MR) is 79.6 cm³/mol. The number of rotatable bonds is 4. The third-order valence-electron chi connectivity index (χ3n) is 4.25. The van der Waals surface area contributed by atoms with Gasteiger partial charge in [0.05, 0.1) is 24.7 Å².